The van der Waals surface area contributed by atoms with Crippen LogP contribution in [0.15, 0.2) is 42.5 Å². The lowest BCUT2D eigenvalue weighted by atomic mass is 10.1. The number of carbonyl (C=O) groups is 3. The summed E-state index contributed by atoms with van der Waals surface area (Å²) in [6.07, 6.45) is 0. The van der Waals surface area contributed by atoms with Gasteiger partial charge < -0.3 is 20.1 Å². The first kappa shape index (κ1) is 22.9. The van der Waals surface area contributed by atoms with Gasteiger partial charge in [-0.15, -0.1) is 10.2 Å². The molecule has 2 N–H and O–H groups in total. The van der Waals surface area contributed by atoms with E-state index in [1.54, 1.807) is 43.5 Å². The molecule has 0 bridgehead atoms. The van der Waals surface area contributed by atoms with Crippen molar-refractivity contribution >= 4 is 34.8 Å². The fourth-order valence-electron chi connectivity index (χ4n) is 2.59. The molecular weight excluding hydrogens is 432 g/mol. The third kappa shape index (κ3) is 6.11. The van der Waals surface area contributed by atoms with E-state index in [1.165, 1.54) is 0 Å². The van der Waals surface area contributed by atoms with Gasteiger partial charge in [0.1, 0.15) is 18.9 Å². The lowest BCUT2D eigenvalue weighted by Crippen LogP contribution is -2.30. The van der Waals surface area contributed by atoms with E-state index < -0.39 is 11.9 Å². The van der Waals surface area contributed by atoms with Crippen LogP contribution in [0.1, 0.15) is 36.3 Å². The van der Waals surface area contributed by atoms with Crippen molar-refractivity contribution in [2.45, 2.75) is 20.5 Å². The molecule has 0 fully saturated rings. The molecule has 1 heterocycles. The molecule has 0 unspecified atom stereocenters. The molecule has 0 radical (unpaired) electrons. The summed E-state index contributed by atoms with van der Waals surface area (Å²) in [6, 6.07) is 12.1. The van der Waals surface area contributed by atoms with Gasteiger partial charge in [-0.2, -0.15) is 0 Å². The van der Waals surface area contributed by atoms with Crippen LogP contribution in [0.3, 0.4) is 0 Å². The lowest BCUT2D eigenvalue weighted by molar-refractivity contribution is -0.143. The second-order valence-electron chi connectivity index (χ2n) is 6.83. The Bertz CT molecular complexity index is 1130. The molecule has 0 saturated heterocycles. The van der Waals surface area contributed by atoms with Crippen molar-refractivity contribution in [1.82, 2.24) is 15.5 Å². The Hall–Kier alpha value is -3.79. The van der Waals surface area contributed by atoms with Gasteiger partial charge in [0.25, 0.3) is 11.8 Å². The second kappa shape index (κ2) is 10.5. The minimum absolute atomic E-state index is 0.134. The summed E-state index contributed by atoms with van der Waals surface area (Å²) in [6.45, 7) is 3.44. The number of rotatable bonds is 8. The standard InChI is InChI=1S/C22H22N4O5S/c1-13-4-5-15(10-14(13)2)20(28)23-11-19(27)31-12-18-25-26-22(32-18)21(29)24-16-6-8-17(30-3)9-7-16/h4-10H,11-12H2,1-3H3,(H,23,28)(H,24,29). The highest BCUT2D eigenvalue weighted by molar-refractivity contribution is 7.13. The average Bonchev–Trinajstić information content (AvgIpc) is 3.27. The largest absolute Gasteiger partial charge is 0.497 e. The molecule has 0 spiro atoms. The van der Waals surface area contributed by atoms with Crippen molar-refractivity contribution in [1.29, 1.82) is 0 Å². The summed E-state index contributed by atoms with van der Waals surface area (Å²) in [5.41, 5.74) is 3.12. The summed E-state index contributed by atoms with van der Waals surface area (Å²) in [5.74, 6) is -0.737. The fraction of sp³-hybridized carbons (Fsp3) is 0.227. The molecule has 0 aliphatic heterocycles. The first-order chi connectivity index (χ1) is 15.4. The lowest BCUT2D eigenvalue weighted by Gasteiger charge is -2.07. The van der Waals surface area contributed by atoms with E-state index in [0.29, 0.717) is 22.0 Å². The van der Waals surface area contributed by atoms with Crippen molar-refractivity contribution in [2.24, 2.45) is 0 Å². The number of anilines is 1. The Morgan fingerprint density at radius 3 is 2.41 bits per heavy atom. The summed E-state index contributed by atoms with van der Waals surface area (Å²) >= 11 is 1.01. The molecular formula is C22H22N4O5S. The molecule has 0 aliphatic rings. The van der Waals surface area contributed by atoms with Gasteiger partial charge in [0, 0.05) is 11.3 Å². The molecule has 1 aromatic heterocycles. The van der Waals surface area contributed by atoms with Crippen LogP contribution in [0, 0.1) is 13.8 Å². The van der Waals surface area contributed by atoms with Crippen LogP contribution in [-0.4, -0.2) is 41.6 Å². The van der Waals surface area contributed by atoms with E-state index in [2.05, 4.69) is 20.8 Å². The van der Waals surface area contributed by atoms with Crippen molar-refractivity contribution in [2.75, 3.05) is 19.0 Å². The number of hydrogen-bond acceptors (Lipinski definition) is 8. The van der Waals surface area contributed by atoms with Gasteiger partial charge in [-0.25, -0.2) is 0 Å². The molecule has 0 atom stereocenters. The van der Waals surface area contributed by atoms with Crippen LogP contribution in [0.4, 0.5) is 5.69 Å². The number of carbonyl (C=O) groups excluding carboxylic acids is 3. The number of aryl methyl sites for hydroxylation is 2. The molecule has 32 heavy (non-hydrogen) atoms. The summed E-state index contributed by atoms with van der Waals surface area (Å²) in [7, 11) is 1.56. The third-order valence-electron chi connectivity index (χ3n) is 4.53. The van der Waals surface area contributed by atoms with Crippen LogP contribution < -0.4 is 15.4 Å². The molecule has 166 valence electrons. The Kier molecular flexibility index (Phi) is 7.50. The first-order valence-electron chi connectivity index (χ1n) is 9.64. The Labute approximate surface area is 188 Å². The maximum atomic E-state index is 12.3. The van der Waals surface area contributed by atoms with Gasteiger partial charge in [0.05, 0.1) is 7.11 Å². The smallest absolute Gasteiger partial charge is 0.325 e. The summed E-state index contributed by atoms with van der Waals surface area (Å²) in [4.78, 5) is 36.4. The van der Waals surface area contributed by atoms with Crippen LogP contribution in [0.25, 0.3) is 0 Å². The number of ether oxygens (including phenoxy) is 2. The molecule has 3 aromatic rings. The Balaban J connectivity index is 1.45. The number of nitrogens with one attached hydrogen (secondary N) is 2. The van der Waals surface area contributed by atoms with E-state index in [-0.39, 0.29) is 24.1 Å². The predicted octanol–water partition coefficient (Wildman–Crippen LogP) is 2.89. The van der Waals surface area contributed by atoms with Crippen molar-refractivity contribution < 1.29 is 23.9 Å². The van der Waals surface area contributed by atoms with E-state index in [9.17, 15) is 14.4 Å². The highest BCUT2D eigenvalue weighted by atomic mass is 32.1. The molecule has 3 rings (SSSR count). The van der Waals surface area contributed by atoms with Crippen LogP contribution in [0.5, 0.6) is 5.75 Å². The second-order valence-corrected chi connectivity index (χ2v) is 7.89. The molecule has 2 aromatic carbocycles. The van der Waals surface area contributed by atoms with E-state index >= 15 is 0 Å². The minimum atomic E-state index is -0.624. The number of hydrogen-bond donors (Lipinski definition) is 2. The molecule has 2 amide bonds. The quantitative estimate of drug-likeness (QED) is 0.502. The van der Waals surface area contributed by atoms with Gasteiger partial charge in [0.15, 0.2) is 5.01 Å². The third-order valence-corrected chi connectivity index (χ3v) is 5.42. The van der Waals surface area contributed by atoms with Gasteiger partial charge in [-0.3, -0.25) is 14.4 Å². The van der Waals surface area contributed by atoms with Crippen molar-refractivity contribution in [3.63, 3.8) is 0 Å². The zero-order valence-electron chi connectivity index (χ0n) is 17.8. The zero-order valence-corrected chi connectivity index (χ0v) is 18.6. The van der Waals surface area contributed by atoms with Crippen molar-refractivity contribution in [3.8, 4) is 5.75 Å². The maximum Gasteiger partial charge on any atom is 0.325 e. The number of benzene rings is 2. The molecule has 9 nitrogen and oxygen atoms in total. The van der Waals surface area contributed by atoms with E-state index in [4.69, 9.17) is 9.47 Å². The normalized spacial score (nSPS) is 10.3. The summed E-state index contributed by atoms with van der Waals surface area (Å²) < 4.78 is 10.2. The summed E-state index contributed by atoms with van der Waals surface area (Å²) in [5, 5.41) is 13.4. The first-order valence-corrected chi connectivity index (χ1v) is 10.5. The van der Waals surface area contributed by atoms with E-state index in [0.717, 1.165) is 22.5 Å². The Morgan fingerprint density at radius 2 is 1.72 bits per heavy atom. The average molecular weight is 455 g/mol. The topological polar surface area (TPSA) is 120 Å². The molecule has 10 heteroatoms. The predicted molar refractivity (Wildman–Crippen MR) is 119 cm³/mol. The highest BCUT2D eigenvalue weighted by Crippen LogP contribution is 2.17. The number of aromatic nitrogens is 2. The fourth-order valence-corrected chi connectivity index (χ4v) is 3.24. The number of nitrogens with zero attached hydrogens (tertiary/aromatic N) is 2. The van der Waals surface area contributed by atoms with Gasteiger partial charge in [0.2, 0.25) is 5.01 Å². The van der Waals surface area contributed by atoms with E-state index in [1.807, 2.05) is 19.9 Å². The Morgan fingerprint density at radius 1 is 0.969 bits per heavy atom. The highest BCUT2D eigenvalue weighted by Gasteiger charge is 2.15. The number of esters is 1. The van der Waals surface area contributed by atoms with Crippen LogP contribution >= 0.6 is 11.3 Å². The molecule has 0 aliphatic carbocycles. The maximum absolute atomic E-state index is 12.3. The van der Waals surface area contributed by atoms with Gasteiger partial charge in [-0.05, 0) is 61.4 Å². The monoisotopic (exact) mass is 454 g/mol. The SMILES string of the molecule is COc1ccc(NC(=O)c2nnc(COC(=O)CNC(=O)c3ccc(C)c(C)c3)s2)cc1. The van der Waals surface area contributed by atoms with Gasteiger partial charge >= 0.3 is 5.97 Å². The number of amides is 2. The van der Waals surface area contributed by atoms with Crippen LogP contribution in [0.2, 0.25) is 0 Å². The molecule has 0 saturated carbocycles. The zero-order chi connectivity index (χ0) is 23.1. The van der Waals surface area contributed by atoms with Crippen molar-refractivity contribution in [3.05, 3.63) is 69.2 Å². The van der Waals surface area contributed by atoms with Gasteiger partial charge in [-0.1, -0.05) is 17.4 Å². The van der Waals surface area contributed by atoms with Crippen LogP contribution in [-0.2, 0) is 16.1 Å². The minimum Gasteiger partial charge on any atom is -0.497 e. The number of methoxy groups -OCH3 is 1.